The molecule has 3 N–H and O–H groups in total. The molecule has 4 saturated carbocycles. The van der Waals surface area contributed by atoms with Crippen molar-refractivity contribution in [2.24, 2.45) is 28.6 Å². The number of aldehydes is 1. The summed E-state index contributed by atoms with van der Waals surface area (Å²) in [6.45, 7) is 2.46. The molecule has 0 radical (unpaired) electrons. The molecule has 0 saturated heterocycles. The predicted molar refractivity (Wildman–Crippen MR) is 104 cm³/mol. The molecule has 0 aromatic rings. The Bertz CT molecular complexity index is 777. The van der Waals surface area contributed by atoms with Crippen LogP contribution < -0.4 is 0 Å². The third kappa shape index (κ3) is 2.34. The number of cyclic esters (lactones) is 1. The SMILES string of the molecule is CC12CC[C@@H]3[C@@H](CCC4(O)C[C@@H](O)CCC34C=O)C1(O)CCC2C1=CC(=O)OC1. The Balaban J connectivity index is 1.52. The fraction of sp³-hybridized carbons (Fsp3) is 0.826. The smallest absolute Gasteiger partial charge is 0.331 e. The standard InChI is InChI=1S/C23H32O6/c1-20-6-3-17-18(4-8-22(27)11-15(25)2-7-21(17,22)13-24)23(20,28)9-5-16(20)14-10-19(26)29-12-14/h10,13,15-18,25,27-28H,2-9,11-12H2,1H3/t15-,16?,17+,18+,20?,21?,22?,23?/m0/s1. The van der Waals surface area contributed by atoms with Gasteiger partial charge in [-0.3, -0.25) is 0 Å². The molecule has 0 aromatic carbocycles. The number of carbonyl (C=O) groups is 2. The maximum absolute atomic E-state index is 12.5. The molecule has 6 heteroatoms. The van der Waals surface area contributed by atoms with Crippen LogP contribution >= 0.6 is 0 Å². The highest BCUT2D eigenvalue weighted by Gasteiger charge is 2.71. The van der Waals surface area contributed by atoms with Gasteiger partial charge >= 0.3 is 5.97 Å². The van der Waals surface area contributed by atoms with Crippen molar-refractivity contribution in [3.8, 4) is 0 Å². The lowest BCUT2D eigenvalue weighted by molar-refractivity contribution is -0.248. The van der Waals surface area contributed by atoms with Crippen LogP contribution in [0.3, 0.4) is 0 Å². The van der Waals surface area contributed by atoms with Crippen LogP contribution in [-0.2, 0) is 14.3 Å². The molecule has 4 fully saturated rings. The largest absolute Gasteiger partial charge is 0.458 e. The summed E-state index contributed by atoms with van der Waals surface area (Å²) in [6, 6.07) is 0. The number of aliphatic hydroxyl groups excluding tert-OH is 1. The van der Waals surface area contributed by atoms with Gasteiger partial charge in [-0.2, -0.15) is 0 Å². The normalized spacial score (nSPS) is 54.1. The van der Waals surface area contributed by atoms with Crippen molar-refractivity contribution in [2.45, 2.75) is 82.0 Å². The average Bonchev–Trinajstić information content (AvgIpc) is 3.21. The van der Waals surface area contributed by atoms with Crippen LogP contribution in [0, 0.1) is 28.6 Å². The molecule has 0 spiro atoms. The zero-order chi connectivity index (χ0) is 20.7. The molecule has 6 nitrogen and oxygen atoms in total. The minimum absolute atomic E-state index is 0.0504. The van der Waals surface area contributed by atoms with E-state index in [1.54, 1.807) is 6.08 Å². The first-order chi connectivity index (χ1) is 13.7. The first kappa shape index (κ1) is 19.7. The number of esters is 1. The van der Waals surface area contributed by atoms with Crippen LogP contribution in [0.1, 0.15) is 64.7 Å². The molecule has 5 rings (SSSR count). The van der Waals surface area contributed by atoms with E-state index in [2.05, 4.69) is 6.92 Å². The number of rotatable bonds is 2. The fourth-order valence-corrected chi connectivity index (χ4v) is 8.34. The van der Waals surface area contributed by atoms with Crippen molar-refractivity contribution in [1.29, 1.82) is 0 Å². The molecule has 1 heterocycles. The summed E-state index contributed by atoms with van der Waals surface area (Å²) in [5.74, 6) is -0.304. The van der Waals surface area contributed by atoms with Crippen molar-refractivity contribution in [1.82, 2.24) is 0 Å². The molecule has 0 amide bonds. The summed E-state index contributed by atoms with van der Waals surface area (Å²) in [4.78, 5) is 24.1. The minimum Gasteiger partial charge on any atom is -0.458 e. The van der Waals surface area contributed by atoms with Crippen LogP contribution in [0.5, 0.6) is 0 Å². The number of hydrogen-bond acceptors (Lipinski definition) is 6. The lowest BCUT2D eigenvalue weighted by atomic mass is 9.41. The van der Waals surface area contributed by atoms with Crippen molar-refractivity contribution in [3.63, 3.8) is 0 Å². The second kappa shape index (κ2) is 6.14. The number of hydrogen-bond donors (Lipinski definition) is 3. The second-order valence-electron chi connectivity index (χ2n) is 10.6. The van der Waals surface area contributed by atoms with Gasteiger partial charge in [-0.05, 0) is 74.7 Å². The van der Waals surface area contributed by atoms with Gasteiger partial charge in [-0.1, -0.05) is 6.92 Å². The summed E-state index contributed by atoms with van der Waals surface area (Å²) in [6.07, 6.45) is 7.36. The Labute approximate surface area is 171 Å². The molecule has 5 unspecified atom stereocenters. The maximum Gasteiger partial charge on any atom is 0.331 e. The third-order valence-corrected chi connectivity index (χ3v) is 9.85. The van der Waals surface area contributed by atoms with E-state index in [0.29, 0.717) is 38.7 Å². The van der Waals surface area contributed by atoms with Gasteiger partial charge in [-0.25, -0.2) is 4.79 Å². The van der Waals surface area contributed by atoms with Gasteiger partial charge in [0.25, 0.3) is 0 Å². The van der Waals surface area contributed by atoms with E-state index in [4.69, 9.17) is 4.74 Å². The first-order valence-electron chi connectivity index (χ1n) is 11.2. The summed E-state index contributed by atoms with van der Waals surface area (Å²) < 4.78 is 5.15. The predicted octanol–water partition coefficient (Wildman–Crippen LogP) is 1.90. The molecule has 4 aliphatic carbocycles. The molecule has 1 aliphatic heterocycles. The molecule has 0 aromatic heterocycles. The zero-order valence-corrected chi connectivity index (χ0v) is 17.1. The topological polar surface area (TPSA) is 104 Å². The highest BCUT2D eigenvalue weighted by atomic mass is 16.5. The average molecular weight is 405 g/mol. The molecule has 0 bridgehead atoms. The van der Waals surface area contributed by atoms with Crippen LogP contribution in [0.25, 0.3) is 0 Å². The van der Waals surface area contributed by atoms with E-state index in [-0.39, 0.29) is 35.6 Å². The van der Waals surface area contributed by atoms with E-state index in [0.717, 1.165) is 31.1 Å². The van der Waals surface area contributed by atoms with Gasteiger partial charge in [0.05, 0.1) is 22.7 Å². The fourth-order valence-electron chi connectivity index (χ4n) is 8.34. The van der Waals surface area contributed by atoms with E-state index in [9.17, 15) is 24.9 Å². The summed E-state index contributed by atoms with van der Waals surface area (Å²) >= 11 is 0. The van der Waals surface area contributed by atoms with Gasteiger partial charge < -0.3 is 24.9 Å². The third-order valence-electron chi connectivity index (χ3n) is 9.85. The highest BCUT2D eigenvalue weighted by Crippen LogP contribution is 2.70. The van der Waals surface area contributed by atoms with Crippen molar-refractivity contribution < 1.29 is 29.6 Å². The molecular formula is C23H32O6. The van der Waals surface area contributed by atoms with Gasteiger partial charge in [0.1, 0.15) is 12.9 Å². The van der Waals surface area contributed by atoms with Gasteiger partial charge in [0.15, 0.2) is 0 Å². The Morgan fingerprint density at radius 1 is 1.07 bits per heavy atom. The van der Waals surface area contributed by atoms with Gasteiger partial charge in [0, 0.05) is 17.9 Å². The Morgan fingerprint density at radius 3 is 2.52 bits per heavy atom. The van der Waals surface area contributed by atoms with Crippen molar-refractivity contribution in [3.05, 3.63) is 11.6 Å². The Hall–Kier alpha value is -1.24. The summed E-state index contributed by atoms with van der Waals surface area (Å²) in [5, 5.41) is 33.7. The Kier molecular flexibility index (Phi) is 4.18. The molecule has 5 aliphatic rings. The first-order valence-corrected chi connectivity index (χ1v) is 11.2. The van der Waals surface area contributed by atoms with Gasteiger partial charge in [-0.15, -0.1) is 0 Å². The lowest BCUT2D eigenvalue weighted by Crippen LogP contribution is -2.68. The molecular weight excluding hydrogens is 372 g/mol. The van der Waals surface area contributed by atoms with Crippen LogP contribution in [0.2, 0.25) is 0 Å². The van der Waals surface area contributed by atoms with Crippen LogP contribution in [0.4, 0.5) is 0 Å². The number of ether oxygens (including phenoxy) is 1. The number of aliphatic hydroxyl groups is 3. The minimum atomic E-state index is -1.18. The molecule has 29 heavy (non-hydrogen) atoms. The van der Waals surface area contributed by atoms with Crippen molar-refractivity contribution in [2.75, 3.05) is 6.61 Å². The highest BCUT2D eigenvalue weighted by molar-refractivity contribution is 5.85. The van der Waals surface area contributed by atoms with E-state index in [1.807, 2.05) is 0 Å². The molecule has 160 valence electrons. The zero-order valence-electron chi connectivity index (χ0n) is 17.1. The van der Waals surface area contributed by atoms with E-state index >= 15 is 0 Å². The van der Waals surface area contributed by atoms with Gasteiger partial charge in [0.2, 0.25) is 0 Å². The lowest BCUT2D eigenvalue weighted by Gasteiger charge is -2.65. The maximum atomic E-state index is 12.5. The monoisotopic (exact) mass is 404 g/mol. The number of carbonyl (C=O) groups excluding carboxylic acids is 2. The molecule has 8 atom stereocenters. The van der Waals surface area contributed by atoms with E-state index < -0.39 is 22.7 Å². The van der Waals surface area contributed by atoms with Crippen LogP contribution in [0.15, 0.2) is 11.6 Å². The number of fused-ring (bicyclic) bond motifs is 5. The Morgan fingerprint density at radius 2 is 1.83 bits per heavy atom. The quantitative estimate of drug-likeness (QED) is 0.480. The van der Waals surface area contributed by atoms with E-state index in [1.165, 1.54) is 0 Å². The van der Waals surface area contributed by atoms with Crippen molar-refractivity contribution >= 4 is 12.3 Å². The van der Waals surface area contributed by atoms with Crippen LogP contribution in [-0.4, -0.2) is 51.5 Å². The summed E-state index contributed by atoms with van der Waals surface area (Å²) in [5.41, 5.74) is -2.34. The second-order valence-corrected chi connectivity index (χ2v) is 10.6. The summed E-state index contributed by atoms with van der Waals surface area (Å²) in [7, 11) is 0.